The molecule has 0 saturated carbocycles. The number of halogens is 2. The Kier molecular flexibility index (Phi) is 7.04. The van der Waals surface area contributed by atoms with Crippen molar-refractivity contribution < 1.29 is 14.9 Å². The molecule has 0 bridgehead atoms. The Hall–Kier alpha value is -3.66. The van der Waals surface area contributed by atoms with Gasteiger partial charge in [-0.1, -0.05) is 83.9 Å². The van der Waals surface area contributed by atoms with Crippen LogP contribution in [0.1, 0.15) is 22.3 Å². The predicted molar refractivity (Wildman–Crippen MR) is 136 cm³/mol. The highest BCUT2D eigenvalue weighted by Crippen LogP contribution is 2.37. The highest BCUT2D eigenvalue weighted by Gasteiger charge is 2.16. The predicted octanol–water partition coefficient (Wildman–Crippen LogP) is 8.12. The van der Waals surface area contributed by atoms with Crippen LogP contribution < -0.4 is 0 Å². The SMILES string of the molecule is Oc1cc(Cl)ccc1C(=Cc1ccccc1)OC(=Cc1ccccc1)c1ccc(Cl)cc1O. The molecule has 0 radical (unpaired) electrons. The summed E-state index contributed by atoms with van der Waals surface area (Å²) in [5.41, 5.74) is 2.66. The fraction of sp³-hybridized carbons (Fsp3) is 0. The molecule has 0 heterocycles. The molecule has 33 heavy (non-hydrogen) atoms. The van der Waals surface area contributed by atoms with Gasteiger partial charge in [-0.25, -0.2) is 0 Å². The second-order valence-corrected chi connectivity index (χ2v) is 8.14. The maximum absolute atomic E-state index is 10.6. The van der Waals surface area contributed by atoms with Gasteiger partial charge >= 0.3 is 0 Å². The van der Waals surface area contributed by atoms with Crippen LogP contribution in [0.25, 0.3) is 23.7 Å². The molecule has 0 aromatic heterocycles. The van der Waals surface area contributed by atoms with Crippen molar-refractivity contribution in [1.82, 2.24) is 0 Å². The van der Waals surface area contributed by atoms with E-state index in [0.717, 1.165) is 11.1 Å². The van der Waals surface area contributed by atoms with E-state index in [4.69, 9.17) is 27.9 Å². The molecular weight excluding hydrogens is 455 g/mol. The summed E-state index contributed by atoms with van der Waals surface area (Å²) in [6.07, 6.45) is 3.63. The average molecular weight is 475 g/mol. The van der Waals surface area contributed by atoms with E-state index in [0.29, 0.717) is 32.7 Å². The lowest BCUT2D eigenvalue weighted by Gasteiger charge is -2.17. The van der Waals surface area contributed by atoms with E-state index in [2.05, 4.69) is 0 Å². The lowest BCUT2D eigenvalue weighted by atomic mass is 10.1. The molecule has 0 atom stereocenters. The molecule has 0 amide bonds. The summed E-state index contributed by atoms with van der Waals surface area (Å²) in [5, 5.41) is 22.0. The molecule has 0 fully saturated rings. The Morgan fingerprint density at radius 3 is 1.33 bits per heavy atom. The lowest BCUT2D eigenvalue weighted by molar-refractivity contribution is 0.441. The number of phenolic OH excluding ortho intramolecular Hbond substituents is 2. The topological polar surface area (TPSA) is 49.7 Å². The Bertz CT molecular complexity index is 1210. The molecule has 5 heteroatoms. The summed E-state index contributed by atoms with van der Waals surface area (Å²) in [6.45, 7) is 0. The highest BCUT2D eigenvalue weighted by molar-refractivity contribution is 6.31. The first-order valence-corrected chi connectivity index (χ1v) is 10.9. The van der Waals surface area contributed by atoms with Crippen LogP contribution in [0.4, 0.5) is 0 Å². The van der Waals surface area contributed by atoms with E-state index in [1.807, 2.05) is 72.8 Å². The zero-order valence-electron chi connectivity index (χ0n) is 17.5. The van der Waals surface area contributed by atoms with Crippen LogP contribution in [0.3, 0.4) is 0 Å². The van der Waals surface area contributed by atoms with E-state index in [1.165, 1.54) is 12.1 Å². The number of aromatic hydroxyl groups is 2. The van der Waals surface area contributed by atoms with Crippen molar-refractivity contribution in [2.24, 2.45) is 0 Å². The van der Waals surface area contributed by atoms with Crippen LogP contribution in [0.2, 0.25) is 10.0 Å². The molecule has 2 N–H and O–H groups in total. The van der Waals surface area contributed by atoms with Crippen LogP contribution in [0.5, 0.6) is 11.5 Å². The van der Waals surface area contributed by atoms with E-state index in [-0.39, 0.29) is 11.5 Å². The highest BCUT2D eigenvalue weighted by atomic mass is 35.5. The van der Waals surface area contributed by atoms with Gasteiger partial charge in [-0.05, 0) is 59.7 Å². The van der Waals surface area contributed by atoms with E-state index in [1.54, 1.807) is 24.3 Å². The second kappa shape index (κ2) is 10.3. The first kappa shape index (κ1) is 22.5. The third-order valence-corrected chi connectivity index (χ3v) is 5.34. The van der Waals surface area contributed by atoms with Crippen LogP contribution in [0.15, 0.2) is 97.1 Å². The van der Waals surface area contributed by atoms with Gasteiger partial charge in [-0.15, -0.1) is 0 Å². The summed E-state index contributed by atoms with van der Waals surface area (Å²) >= 11 is 12.1. The molecule has 4 rings (SSSR count). The molecule has 3 nitrogen and oxygen atoms in total. The van der Waals surface area contributed by atoms with Gasteiger partial charge in [0.05, 0.1) is 11.1 Å². The fourth-order valence-electron chi connectivity index (χ4n) is 3.27. The molecule has 0 aliphatic rings. The standard InChI is InChI=1S/C28H20Cl2O3/c29-21-11-13-23(25(31)17-21)27(15-19-7-3-1-4-8-19)33-28(16-20-9-5-2-6-10-20)24-14-12-22(30)18-26(24)32/h1-18,31-32H. The zero-order valence-corrected chi connectivity index (χ0v) is 19.0. The quantitative estimate of drug-likeness (QED) is 0.219. The van der Waals surface area contributed by atoms with Crippen molar-refractivity contribution >= 4 is 46.9 Å². The third-order valence-electron chi connectivity index (χ3n) is 4.87. The minimum atomic E-state index is -0.0240. The second-order valence-electron chi connectivity index (χ2n) is 7.26. The molecule has 4 aromatic carbocycles. The van der Waals surface area contributed by atoms with Crippen LogP contribution >= 0.6 is 23.2 Å². The zero-order chi connectivity index (χ0) is 23.2. The van der Waals surface area contributed by atoms with Crippen molar-refractivity contribution in [3.63, 3.8) is 0 Å². The molecule has 0 aliphatic carbocycles. The van der Waals surface area contributed by atoms with E-state index < -0.39 is 0 Å². The maximum atomic E-state index is 10.6. The van der Waals surface area contributed by atoms with Crippen molar-refractivity contribution in [2.45, 2.75) is 0 Å². The van der Waals surface area contributed by atoms with Gasteiger partial charge in [0, 0.05) is 10.0 Å². The van der Waals surface area contributed by atoms with Crippen molar-refractivity contribution in [1.29, 1.82) is 0 Å². The first-order chi connectivity index (χ1) is 16.0. The van der Waals surface area contributed by atoms with Gasteiger partial charge in [0.25, 0.3) is 0 Å². The van der Waals surface area contributed by atoms with Crippen molar-refractivity contribution in [2.75, 3.05) is 0 Å². The Morgan fingerprint density at radius 1 is 0.576 bits per heavy atom. The monoisotopic (exact) mass is 474 g/mol. The van der Waals surface area contributed by atoms with E-state index in [9.17, 15) is 10.2 Å². The first-order valence-electron chi connectivity index (χ1n) is 10.2. The minimum Gasteiger partial charge on any atom is -0.507 e. The van der Waals surface area contributed by atoms with Crippen LogP contribution in [0, 0.1) is 0 Å². The largest absolute Gasteiger partial charge is 0.507 e. The minimum absolute atomic E-state index is 0.0240. The number of hydrogen-bond donors (Lipinski definition) is 2. The van der Waals surface area contributed by atoms with Gasteiger partial charge < -0.3 is 14.9 Å². The number of rotatable bonds is 6. The normalized spacial score (nSPS) is 11.9. The number of hydrogen-bond acceptors (Lipinski definition) is 3. The smallest absolute Gasteiger partial charge is 0.139 e. The summed E-state index contributed by atoms with van der Waals surface area (Å²) in [5.74, 6) is 0.715. The number of phenols is 2. The summed E-state index contributed by atoms with van der Waals surface area (Å²) in [7, 11) is 0. The van der Waals surface area contributed by atoms with Crippen LogP contribution in [-0.4, -0.2) is 10.2 Å². The van der Waals surface area contributed by atoms with Gasteiger partial charge in [-0.2, -0.15) is 0 Å². The molecule has 4 aromatic rings. The molecular formula is C28H20Cl2O3. The van der Waals surface area contributed by atoms with Gasteiger partial charge in [0.15, 0.2) is 0 Å². The van der Waals surface area contributed by atoms with Gasteiger partial charge in [-0.3, -0.25) is 0 Å². The number of benzene rings is 4. The van der Waals surface area contributed by atoms with E-state index >= 15 is 0 Å². The third kappa shape index (κ3) is 5.78. The summed E-state index contributed by atoms with van der Waals surface area (Å²) < 4.78 is 6.39. The number of ether oxygens (including phenoxy) is 1. The lowest BCUT2D eigenvalue weighted by Crippen LogP contribution is -1.96. The molecule has 164 valence electrons. The summed E-state index contributed by atoms with van der Waals surface area (Å²) in [6, 6.07) is 28.9. The van der Waals surface area contributed by atoms with Gasteiger partial charge in [0.1, 0.15) is 23.0 Å². The molecule has 0 unspecified atom stereocenters. The van der Waals surface area contributed by atoms with Crippen molar-refractivity contribution in [3.05, 3.63) is 129 Å². The Labute approximate surface area is 202 Å². The Balaban J connectivity index is 1.87. The fourth-order valence-corrected chi connectivity index (χ4v) is 3.60. The van der Waals surface area contributed by atoms with Gasteiger partial charge in [0.2, 0.25) is 0 Å². The summed E-state index contributed by atoms with van der Waals surface area (Å²) in [4.78, 5) is 0. The van der Waals surface area contributed by atoms with Crippen LogP contribution in [-0.2, 0) is 4.74 Å². The molecule has 0 spiro atoms. The van der Waals surface area contributed by atoms with Crippen molar-refractivity contribution in [3.8, 4) is 11.5 Å². The average Bonchev–Trinajstić information content (AvgIpc) is 2.80. The molecule has 0 saturated heterocycles. The molecule has 0 aliphatic heterocycles. The maximum Gasteiger partial charge on any atom is 0.139 e. The Morgan fingerprint density at radius 2 is 0.970 bits per heavy atom.